The second-order valence-electron chi connectivity index (χ2n) is 6.13. The summed E-state index contributed by atoms with van der Waals surface area (Å²) in [6, 6.07) is 6.07. The largest absolute Gasteiger partial charge is 0.369 e. The van der Waals surface area contributed by atoms with Gasteiger partial charge in [-0.25, -0.2) is 0 Å². The van der Waals surface area contributed by atoms with Crippen LogP contribution in [0.1, 0.15) is 28.8 Å². The number of aromatic nitrogens is 1. The smallest absolute Gasteiger partial charge is 0.220 e. The van der Waals surface area contributed by atoms with Crippen LogP contribution in [-0.2, 0) is 4.79 Å². The van der Waals surface area contributed by atoms with E-state index in [-0.39, 0.29) is 17.6 Å². The molecular formula is C17H21N3O2. The Hall–Kier alpha value is -2.14. The molecule has 0 spiro atoms. The van der Waals surface area contributed by atoms with E-state index in [2.05, 4.69) is 9.88 Å². The van der Waals surface area contributed by atoms with E-state index >= 15 is 0 Å². The van der Waals surface area contributed by atoms with Gasteiger partial charge in [-0.05, 0) is 45.0 Å². The van der Waals surface area contributed by atoms with Crippen molar-refractivity contribution in [3.8, 4) is 0 Å². The first-order valence-electron chi connectivity index (χ1n) is 7.67. The van der Waals surface area contributed by atoms with Gasteiger partial charge >= 0.3 is 0 Å². The zero-order valence-electron chi connectivity index (χ0n) is 12.8. The summed E-state index contributed by atoms with van der Waals surface area (Å²) in [4.78, 5) is 29.0. The monoisotopic (exact) mass is 299 g/mol. The maximum absolute atomic E-state index is 12.6. The molecule has 1 fully saturated rings. The van der Waals surface area contributed by atoms with Gasteiger partial charge in [0.1, 0.15) is 0 Å². The van der Waals surface area contributed by atoms with Crippen LogP contribution < -0.4 is 5.73 Å². The normalized spacial score (nSPS) is 17.0. The number of aryl methyl sites for hydroxylation is 1. The summed E-state index contributed by atoms with van der Waals surface area (Å²) in [5.74, 6) is -0.144. The Morgan fingerprint density at radius 3 is 2.73 bits per heavy atom. The predicted octanol–water partition coefficient (Wildman–Crippen LogP) is 1.86. The number of carbonyl (C=O) groups excluding carboxylic acids is 2. The van der Waals surface area contributed by atoms with Crippen LogP contribution in [0.4, 0.5) is 0 Å². The highest BCUT2D eigenvalue weighted by molar-refractivity contribution is 6.08. The van der Waals surface area contributed by atoms with Gasteiger partial charge in [-0.1, -0.05) is 11.6 Å². The minimum atomic E-state index is -0.224. The number of rotatable bonds is 4. The van der Waals surface area contributed by atoms with Crippen LogP contribution in [0.25, 0.3) is 10.9 Å². The van der Waals surface area contributed by atoms with Gasteiger partial charge in [-0.2, -0.15) is 0 Å². The Kier molecular flexibility index (Phi) is 3.98. The van der Waals surface area contributed by atoms with Crippen LogP contribution >= 0.6 is 0 Å². The Morgan fingerprint density at radius 2 is 2.05 bits per heavy atom. The molecule has 2 aromatic rings. The number of aromatic amines is 1. The van der Waals surface area contributed by atoms with E-state index in [9.17, 15) is 9.59 Å². The molecule has 0 atom stereocenters. The van der Waals surface area contributed by atoms with E-state index < -0.39 is 0 Å². The summed E-state index contributed by atoms with van der Waals surface area (Å²) in [7, 11) is 0. The highest BCUT2D eigenvalue weighted by Crippen LogP contribution is 2.22. The second kappa shape index (κ2) is 5.93. The molecule has 5 nitrogen and oxygen atoms in total. The van der Waals surface area contributed by atoms with Gasteiger partial charge in [-0.15, -0.1) is 0 Å². The van der Waals surface area contributed by atoms with Crippen molar-refractivity contribution in [3.63, 3.8) is 0 Å². The number of nitrogens with zero attached hydrogens (tertiary/aromatic N) is 1. The SMILES string of the molecule is Cc1ccc2[nH]cc(C(=O)CN3CCC(C(N)=O)CC3)c2c1. The van der Waals surface area contributed by atoms with E-state index in [0.717, 1.165) is 48.0 Å². The number of benzene rings is 1. The van der Waals surface area contributed by atoms with Crippen molar-refractivity contribution >= 4 is 22.6 Å². The average molecular weight is 299 g/mol. The summed E-state index contributed by atoms with van der Waals surface area (Å²) >= 11 is 0. The third-order valence-electron chi connectivity index (χ3n) is 4.49. The Bertz CT molecular complexity index is 712. The van der Waals surface area contributed by atoms with Crippen molar-refractivity contribution < 1.29 is 9.59 Å². The number of Topliss-reactive ketones (excluding diaryl/α,β-unsaturated/α-hetero) is 1. The molecule has 1 aliphatic heterocycles. The van der Waals surface area contributed by atoms with E-state index in [0.29, 0.717) is 6.54 Å². The molecule has 1 aromatic carbocycles. The number of ketones is 1. The average Bonchev–Trinajstić information content (AvgIpc) is 2.90. The predicted molar refractivity (Wildman–Crippen MR) is 85.7 cm³/mol. The van der Waals surface area contributed by atoms with Crippen molar-refractivity contribution in [3.05, 3.63) is 35.5 Å². The second-order valence-corrected chi connectivity index (χ2v) is 6.13. The lowest BCUT2D eigenvalue weighted by Gasteiger charge is -2.29. The van der Waals surface area contributed by atoms with Crippen molar-refractivity contribution in [1.29, 1.82) is 0 Å². The van der Waals surface area contributed by atoms with Crippen LogP contribution in [0.2, 0.25) is 0 Å². The molecule has 0 aliphatic carbocycles. The highest BCUT2D eigenvalue weighted by Gasteiger charge is 2.25. The molecule has 0 unspecified atom stereocenters. The van der Waals surface area contributed by atoms with E-state index in [4.69, 9.17) is 5.73 Å². The molecule has 2 heterocycles. The molecule has 1 aromatic heterocycles. The Morgan fingerprint density at radius 1 is 1.32 bits per heavy atom. The third-order valence-corrected chi connectivity index (χ3v) is 4.49. The maximum Gasteiger partial charge on any atom is 0.220 e. The quantitative estimate of drug-likeness (QED) is 0.846. The van der Waals surface area contributed by atoms with Gasteiger partial charge in [0.2, 0.25) is 5.91 Å². The standard InChI is InChI=1S/C17H21N3O2/c1-11-2-3-15-13(8-11)14(9-19-15)16(21)10-20-6-4-12(5-7-20)17(18)22/h2-3,8-9,12,19H,4-7,10H2,1H3,(H2,18,22). The molecule has 5 heteroatoms. The van der Waals surface area contributed by atoms with Crippen LogP contribution in [-0.4, -0.2) is 41.2 Å². The van der Waals surface area contributed by atoms with Gasteiger partial charge in [0, 0.05) is 28.6 Å². The molecule has 116 valence electrons. The highest BCUT2D eigenvalue weighted by atomic mass is 16.1. The lowest BCUT2D eigenvalue weighted by Crippen LogP contribution is -2.40. The first-order valence-corrected chi connectivity index (χ1v) is 7.67. The lowest BCUT2D eigenvalue weighted by atomic mass is 9.96. The van der Waals surface area contributed by atoms with Gasteiger partial charge in [0.05, 0.1) is 6.54 Å². The lowest BCUT2D eigenvalue weighted by molar-refractivity contribution is -0.123. The minimum absolute atomic E-state index is 0.0397. The summed E-state index contributed by atoms with van der Waals surface area (Å²) in [5.41, 5.74) is 8.21. The fraction of sp³-hybridized carbons (Fsp3) is 0.412. The topological polar surface area (TPSA) is 79.2 Å². The van der Waals surface area contributed by atoms with Gasteiger partial charge < -0.3 is 10.7 Å². The molecule has 0 saturated carbocycles. The molecule has 1 amide bonds. The maximum atomic E-state index is 12.6. The number of H-pyrrole nitrogens is 1. The number of amides is 1. The van der Waals surface area contributed by atoms with Crippen molar-refractivity contribution in [2.45, 2.75) is 19.8 Å². The van der Waals surface area contributed by atoms with Crippen LogP contribution in [0.5, 0.6) is 0 Å². The van der Waals surface area contributed by atoms with Gasteiger partial charge in [0.15, 0.2) is 5.78 Å². The molecule has 22 heavy (non-hydrogen) atoms. The molecule has 3 rings (SSSR count). The number of nitrogens with two attached hydrogens (primary N) is 1. The Balaban J connectivity index is 1.69. The molecular weight excluding hydrogens is 278 g/mol. The van der Waals surface area contributed by atoms with Crippen molar-refractivity contribution in [2.24, 2.45) is 11.7 Å². The third kappa shape index (κ3) is 2.90. The van der Waals surface area contributed by atoms with Crippen LogP contribution in [0.3, 0.4) is 0 Å². The zero-order valence-corrected chi connectivity index (χ0v) is 12.8. The fourth-order valence-corrected chi connectivity index (χ4v) is 3.13. The van der Waals surface area contributed by atoms with E-state index in [1.807, 2.05) is 25.1 Å². The van der Waals surface area contributed by atoms with Crippen LogP contribution in [0, 0.1) is 12.8 Å². The fourth-order valence-electron chi connectivity index (χ4n) is 3.13. The summed E-state index contributed by atoms with van der Waals surface area (Å²) in [6.45, 7) is 3.92. The Labute approximate surface area is 129 Å². The summed E-state index contributed by atoms with van der Waals surface area (Å²) < 4.78 is 0. The number of hydrogen-bond donors (Lipinski definition) is 2. The van der Waals surface area contributed by atoms with Gasteiger partial charge in [-0.3, -0.25) is 14.5 Å². The number of carbonyl (C=O) groups is 2. The molecule has 1 saturated heterocycles. The first kappa shape index (κ1) is 14.8. The minimum Gasteiger partial charge on any atom is -0.369 e. The molecule has 0 radical (unpaired) electrons. The number of likely N-dealkylation sites (tertiary alicyclic amines) is 1. The van der Waals surface area contributed by atoms with Crippen molar-refractivity contribution in [2.75, 3.05) is 19.6 Å². The summed E-state index contributed by atoms with van der Waals surface area (Å²) in [6.07, 6.45) is 3.29. The van der Waals surface area contributed by atoms with Crippen LogP contribution in [0.15, 0.2) is 24.4 Å². The summed E-state index contributed by atoms with van der Waals surface area (Å²) in [5, 5.41) is 0.983. The number of primary amides is 1. The van der Waals surface area contributed by atoms with E-state index in [1.165, 1.54) is 0 Å². The van der Waals surface area contributed by atoms with E-state index in [1.54, 1.807) is 6.20 Å². The van der Waals surface area contributed by atoms with Crippen molar-refractivity contribution in [1.82, 2.24) is 9.88 Å². The molecule has 3 N–H and O–H groups in total. The van der Waals surface area contributed by atoms with Gasteiger partial charge in [0.25, 0.3) is 0 Å². The number of nitrogens with one attached hydrogen (secondary N) is 1. The molecule has 0 bridgehead atoms. The number of fused-ring (bicyclic) bond motifs is 1. The first-order chi connectivity index (χ1) is 10.5. The number of piperidine rings is 1. The zero-order chi connectivity index (χ0) is 15.7. The number of hydrogen-bond acceptors (Lipinski definition) is 3. The molecule has 1 aliphatic rings.